The van der Waals surface area contributed by atoms with Gasteiger partial charge in [0.15, 0.2) is 5.82 Å². The van der Waals surface area contributed by atoms with Gasteiger partial charge in [-0.05, 0) is 71.1 Å². The minimum Gasteiger partial charge on any atom is -0.322 e. The van der Waals surface area contributed by atoms with Gasteiger partial charge < -0.3 is 4.98 Å². The molecule has 0 aliphatic heterocycles. The Kier molecular flexibility index (Phi) is 6.69. The highest BCUT2D eigenvalue weighted by Crippen LogP contribution is 2.17. The van der Waals surface area contributed by atoms with Crippen molar-refractivity contribution in [1.29, 1.82) is 0 Å². The average Bonchev–Trinajstić information content (AvgIpc) is 3.29. The molecule has 0 amide bonds. The van der Waals surface area contributed by atoms with Crippen LogP contribution in [-0.2, 0) is 26.2 Å². The molecule has 0 spiro atoms. The number of rotatable bonds is 8. The molecule has 0 radical (unpaired) electrons. The molecule has 7 nitrogen and oxygen atoms in total. The van der Waals surface area contributed by atoms with E-state index in [0.717, 1.165) is 27.6 Å². The van der Waals surface area contributed by atoms with Crippen LogP contribution < -0.4 is 5.56 Å². The van der Waals surface area contributed by atoms with Crippen LogP contribution in [0.2, 0.25) is 0 Å². The van der Waals surface area contributed by atoms with Crippen LogP contribution in [0.3, 0.4) is 0 Å². The molecule has 182 valence electrons. The van der Waals surface area contributed by atoms with Gasteiger partial charge in [-0.3, -0.25) is 9.69 Å². The summed E-state index contributed by atoms with van der Waals surface area (Å²) in [5.74, 6) is 0.385. The predicted octanol–water partition coefficient (Wildman–Crippen LogP) is 4.52. The Morgan fingerprint density at radius 1 is 0.861 bits per heavy atom. The third-order valence-electron chi connectivity index (χ3n) is 6.21. The standard InChI is InChI=1S/C28H27FN6O/c1-19-3-6-21(7-4-19)15-34(17-24-14-23-13-20(2)5-12-26(23)30-28(24)36)18-27-31-32-33-35(27)16-22-8-10-25(29)11-9-22/h3-14H,15-18H2,1-2H3,(H,30,36). The minimum absolute atomic E-state index is 0.105. The lowest BCUT2D eigenvalue weighted by molar-refractivity contribution is 0.236. The maximum absolute atomic E-state index is 13.3. The number of aromatic amines is 1. The second-order valence-electron chi connectivity index (χ2n) is 9.22. The van der Waals surface area contributed by atoms with Gasteiger partial charge >= 0.3 is 0 Å². The summed E-state index contributed by atoms with van der Waals surface area (Å²) in [7, 11) is 0. The number of fused-ring (bicyclic) bond motifs is 1. The molecule has 8 heteroatoms. The number of nitrogens with one attached hydrogen (secondary N) is 1. The van der Waals surface area contributed by atoms with Gasteiger partial charge in [-0.1, -0.05) is 53.6 Å². The maximum Gasteiger partial charge on any atom is 0.252 e. The fourth-order valence-corrected chi connectivity index (χ4v) is 4.27. The zero-order valence-electron chi connectivity index (χ0n) is 20.3. The fraction of sp³-hybridized carbons (Fsp3) is 0.214. The number of benzene rings is 3. The second kappa shape index (κ2) is 10.2. The predicted molar refractivity (Wildman–Crippen MR) is 137 cm³/mol. The molecule has 0 atom stereocenters. The van der Waals surface area contributed by atoms with Gasteiger partial charge in [0.1, 0.15) is 5.82 Å². The number of nitrogens with zero attached hydrogens (tertiary/aromatic N) is 5. The van der Waals surface area contributed by atoms with Crippen molar-refractivity contribution in [3.63, 3.8) is 0 Å². The summed E-state index contributed by atoms with van der Waals surface area (Å²) < 4.78 is 15.0. The second-order valence-corrected chi connectivity index (χ2v) is 9.22. The molecule has 5 rings (SSSR count). The lowest BCUT2D eigenvalue weighted by Gasteiger charge is -2.22. The highest BCUT2D eigenvalue weighted by molar-refractivity contribution is 5.79. The minimum atomic E-state index is -0.282. The molecule has 0 unspecified atom stereocenters. The van der Waals surface area contributed by atoms with E-state index in [9.17, 15) is 9.18 Å². The van der Waals surface area contributed by atoms with Crippen LogP contribution in [-0.4, -0.2) is 30.1 Å². The van der Waals surface area contributed by atoms with Gasteiger partial charge in [0.25, 0.3) is 5.56 Å². The van der Waals surface area contributed by atoms with Crippen LogP contribution in [0, 0.1) is 19.7 Å². The highest BCUT2D eigenvalue weighted by atomic mass is 19.1. The molecule has 0 saturated heterocycles. The van der Waals surface area contributed by atoms with Gasteiger partial charge in [0.05, 0.1) is 13.1 Å². The number of aromatic nitrogens is 5. The molecule has 2 heterocycles. The summed E-state index contributed by atoms with van der Waals surface area (Å²) in [4.78, 5) is 18.1. The van der Waals surface area contributed by atoms with E-state index in [2.05, 4.69) is 62.7 Å². The van der Waals surface area contributed by atoms with Gasteiger partial charge in [-0.2, -0.15) is 0 Å². The molecule has 0 aliphatic rings. The van der Waals surface area contributed by atoms with E-state index in [4.69, 9.17) is 0 Å². The maximum atomic E-state index is 13.3. The number of aryl methyl sites for hydroxylation is 2. The molecule has 5 aromatic rings. The number of hydrogen-bond acceptors (Lipinski definition) is 5. The summed E-state index contributed by atoms with van der Waals surface area (Å²) in [5.41, 5.74) is 5.75. The monoisotopic (exact) mass is 482 g/mol. The number of hydrogen-bond donors (Lipinski definition) is 1. The van der Waals surface area contributed by atoms with Gasteiger partial charge in [0.2, 0.25) is 0 Å². The quantitative estimate of drug-likeness (QED) is 0.352. The largest absolute Gasteiger partial charge is 0.322 e. The van der Waals surface area contributed by atoms with Crippen LogP contribution in [0.25, 0.3) is 10.9 Å². The third-order valence-corrected chi connectivity index (χ3v) is 6.21. The zero-order valence-corrected chi connectivity index (χ0v) is 20.3. The number of halogens is 1. The molecule has 0 aliphatic carbocycles. The molecule has 2 aromatic heterocycles. The SMILES string of the molecule is Cc1ccc(CN(Cc2cc3cc(C)ccc3[nH]c2=O)Cc2nnnn2Cc2ccc(F)cc2)cc1. The van der Waals surface area contributed by atoms with Crippen molar-refractivity contribution in [3.05, 3.63) is 123 Å². The first kappa shape index (κ1) is 23.6. The van der Waals surface area contributed by atoms with E-state index in [1.54, 1.807) is 16.8 Å². The molecule has 36 heavy (non-hydrogen) atoms. The van der Waals surface area contributed by atoms with Crippen LogP contribution >= 0.6 is 0 Å². The number of tetrazole rings is 1. The van der Waals surface area contributed by atoms with Gasteiger partial charge in [-0.15, -0.1) is 5.10 Å². The Labute approximate surface area is 208 Å². The number of pyridine rings is 1. The van der Waals surface area contributed by atoms with Crippen molar-refractivity contribution < 1.29 is 4.39 Å². The summed E-state index contributed by atoms with van der Waals surface area (Å²) >= 11 is 0. The fourth-order valence-electron chi connectivity index (χ4n) is 4.27. The van der Waals surface area contributed by atoms with E-state index in [1.165, 1.54) is 17.7 Å². The van der Waals surface area contributed by atoms with Crippen LogP contribution in [0.4, 0.5) is 4.39 Å². The smallest absolute Gasteiger partial charge is 0.252 e. The highest BCUT2D eigenvalue weighted by Gasteiger charge is 2.16. The first-order valence-corrected chi connectivity index (χ1v) is 11.8. The third kappa shape index (κ3) is 5.55. The molecular weight excluding hydrogens is 455 g/mol. The first-order valence-electron chi connectivity index (χ1n) is 11.8. The Balaban J connectivity index is 1.44. The summed E-state index contributed by atoms with van der Waals surface area (Å²) in [6.07, 6.45) is 0. The van der Waals surface area contributed by atoms with Crippen molar-refractivity contribution in [3.8, 4) is 0 Å². The van der Waals surface area contributed by atoms with Crippen molar-refractivity contribution in [2.75, 3.05) is 0 Å². The first-order chi connectivity index (χ1) is 17.4. The van der Waals surface area contributed by atoms with Crippen LogP contribution in [0.15, 0.2) is 77.6 Å². The molecule has 3 aromatic carbocycles. The van der Waals surface area contributed by atoms with E-state index < -0.39 is 0 Å². The topological polar surface area (TPSA) is 79.7 Å². The number of H-pyrrole nitrogens is 1. The summed E-state index contributed by atoms with van der Waals surface area (Å²) in [6, 6.07) is 22.6. The molecule has 0 bridgehead atoms. The molecule has 1 N–H and O–H groups in total. The van der Waals surface area contributed by atoms with Crippen molar-refractivity contribution in [1.82, 2.24) is 30.1 Å². The molecule has 0 fully saturated rings. The van der Waals surface area contributed by atoms with E-state index in [-0.39, 0.29) is 11.4 Å². The van der Waals surface area contributed by atoms with Crippen LogP contribution in [0.1, 0.15) is 33.6 Å². The Bertz CT molecular complexity index is 1540. The van der Waals surface area contributed by atoms with E-state index in [0.29, 0.717) is 37.6 Å². The van der Waals surface area contributed by atoms with Crippen LogP contribution in [0.5, 0.6) is 0 Å². The van der Waals surface area contributed by atoms with Gasteiger partial charge in [-0.25, -0.2) is 9.07 Å². The lowest BCUT2D eigenvalue weighted by Crippen LogP contribution is -2.28. The van der Waals surface area contributed by atoms with E-state index >= 15 is 0 Å². The normalized spacial score (nSPS) is 11.4. The van der Waals surface area contributed by atoms with Crippen molar-refractivity contribution >= 4 is 10.9 Å². The molecular formula is C28H27FN6O. The van der Waals surface area contributed by atoms with Crippen molar-refractivity contribution in [2.45, 2.75) is 40.0 Å². The van der Waals surface area contributed by atoms with Gasteiger partial charge in [0, 0.05) is 24.2 Å². The van der Waals surface area contributed by atoms with E-state index in [1.807, 2.05) is 25.1 Å². The summed E-state index contributed by atoms with van der Waals surface area (Å²) in [6.45, 7) is 6.01. The van der Waals surface area contributed by atoms with Crippen molar-refractivity contribution in [2.24, 2.45) is 0 Å². The Hall–Kier alpha value is -4.17. The Morgan fingerprint density at radius 2 is 1.58 bits per heavy atom. The Morgan fingerprint density at radius 3 is 2.36 bits per heavy atom. The zero-order chi connectivity index (χ0) is 25.1. The lowest BCUT2D eigenvalue weighted by atomic mass is 10.1. The summed E-state index contributed by atoms with van der Waals surface area (Å²) in [5, 5.41) is 13.3. The average molecular weight is 483 g/mol. The molecule has 0 saturated carbocycles.